The van der Waals surface area contributed by atoms with Gasteiger partial charge in [0.2, 0.25) is 5.89 Å². The lowest BCUT2D eigenvalue weighted by atomic mass is 10.1. The molecular weight excluding hydrogens is 273 g/mol. The van der Waals surface area contributed by atoms with Crippen molar-refractivity contribution in [1.82, 2.24) is 15.5 Å². The van der Waals surface area contributed by atoms with Crippen molar-refractivity contribution >= 4 is 0 Å². The van der Waals surface area contributed by atoms with Gasteiger partial charge in [-0.3, -0.25) is 0 Å². The molecular formula is C15H20FN3O2. The molecule has 1 heterocycles. The molecule has 0 aliphatic rings. The maximum absolute atomic E-state index is 14.0. The Morgan fingerprint density at radius 2 is 2.05 bits per heavy atom. The van der Waals surface area contributed by atoms with Crippen LogP contribution in [-0.4, -0.2) is 16.7 Å². The Hall–Kier alpha value is -1.95. The van der Waals surface area contributed by atoms with E-state index in [4.69, 9.17) is 9.15 Å². The fourth-order valence-corrected chi connectivity index (χ4v) is 1.96. The normalized spacial score (nSPS) is 12.4. The summed E-state index contributed by atoms with van der Waals surface area (Å²) in [6, 6.07) is 5.04. The van der Waals surface area contributed by atoms with E-state index in [1.54, 1.807) is 6.07 Å². The number of benzene rings is 1. The summed E-state index contributed by atoms with van der Waals surface area (Å²) >= 11 is 0. The molecule has 0 aliphatic heterocycles. The number of aryl methyl sites for hydroxylation is 1. The molecule has 21 heavy (non-hydrogen) atoms. The molecule has 6 heteroatoms. The Kier molecular flexibility index (Phi) is 5.27. The van der Waals surface area contributed by atoms with Gasteiger partial charge in [-0.1, -0.05) is 19.9 Å². The van der Waals surface area contributed by atoms with Gasteiger partial charge in [0.1, 0.15) is 0 Å². The van der Waals surface area contributed by atoms with Crippen LogP contribution >= 0.6 is 0 Å². The third-order valence-electron chi connectivity index (χ3n) is 3.13. The van der Waals surface area contributed by atoms with Crippen molar-refractivity contribution in [2.45, 2.75) is 39.8 Å². The van der Waals surface area contributed by atoms with E-state index in [0.717, 1.165) is 12.1 Å². The summed E-state index contributed by atoms with van der Waals surface area (Å²) < 4.78 is 24.7. The molecule has 0 aliphatic carbocycles. The van der Waals surface area contributed by atoms with Crippen LogP contribution in [0.1, 0.15) is 44.2 Å². The highest BCUT2D eigenvalue weighted by molar-refractivity contribution is 5.30. The predicted molar refractivity (Wildman–Crippen MR) is 76.5 cm³/mol. The zero-order valence-electron chi connectivity index (χ0n) is 12.5. The Morgan fingerprint density at radius 3 is 2.67 bits per heavy atom. The zero-order valence-corrected chi connectivity index (χ0v) is 12.5. The molecule has 1 unspecified atom stereocenters. The third-order valence-corrected chi connectivity index (χ3v) is 3.13. The molecule has 1 N–H and O–H groups in total. The van der Waals surface area contributed by atoms with Gasteiger partial charge in [-0.2, -0.15) is 0 Å². The average Bonchev–Trinajstić information content (AvgIpc) is 2.94. The van der Waals surface area contributed by atoms with Crippen molar-refractivity contribution in [1.29, 1.82) is 0 Å². The van der Waals surface area contributed by atoms with E-state index in [1.165, 1.54) is 6.07 Å². The van der Waals surface area contributed by atoms with Crippen molar-refractivity contribution in [3.63, 3.8) is 0 Å². The molecule has 0 saturated heterocycles. The second-order valence-corrected chi connectivity index (χ2v) is 4.70. The first-order chi connectivity index (χ1) is 10.1. The van der Waals surface area contributed by atoms with Gasteiger partial charge in [0.25, 0.3) is 5.89 Å². The Morgan fingerprint density at radius 1 is 1.29 bits per heavy atom. The Balaban J connectivity index is 2.00. The predicted octanol–water partition coefficient (Wildman–Crippen LogP) is 3.02. The largest absolute Gasteiger partial charge is 0.481 e. The molecule has 2 rings (SSSR count). The van der Waals surface area contributed by atoms with Gasteiger partial charge < -0.3 is 14.5 Å². The summed E-state index contributed by atoms with van der Waals surface area (Å²) in [5.74, 6) is 0.673. The van der Waals surface area contributed by atoms with Crippen LogP contribution in [0.4, 0.5) is 4.39 Å². The van der Waals surface area contributed by atoms with Gasteiger partial charge in [-0.25, -0.2) is 4.39 Å². The van der Waals surface area contributed by atoms with Crippen LogP contribution in [0, 0.1) is 5.82 Å². The quantitative estimate of drug-likeness (QED) is 0.850. The van der Waals surface area contributed by atoms with Crippen LogP contribution < -0.4 is 10.1 Å². The van der Waals surface area contributed by atoms with E-state index in [-0.39, 0.29) is 18.4 Å². The number of halogens is 1. The fourth-order valence-electron chi connectivity index (χ4n) is 1.96. The first kappa shape index (κ1) is 15.4. The monoisotopic (exact) mass is 293 g/mol. The molecule has 1 atom stereocenters. The molecule has 0 spiro atoms. The lowest BCUT2D eigenvalue weighted by Gasteiger charge is -2.14. The summed E-state index contributed by atoms with van der Waals surface area (Å²) in [4.78, 5) is 0. The molecule has 0 saturated carbocycles. The first-order valence-corrected chi connectivity index (χ1v) is 7.10. The minimum Gasteiger partial charge on any atom is -0.481 e. The SMILES string of the molecule is CCNC(C)c1ccc(OCc2nnc(CC)o2)c(F)c1. The van der Waals surface area contributed by atoms with E-state index >= 15 is 0 Å². The van der Waals surface area contributed by atoms with Crippen molar-refractivity contribution in [2.75, 3.05) is 6.54 Å². The minimum atomic E-state index is -0.396. The van der Waals surface area contributed by atoms with Crippen LogP contribution in [0.3, 0.4) is 0 Å². The molecule has 0 bridgehead atoms. The smallest absolute Gasteiger partial charge is 0.253 e. The minimum absolute atomic E-state index is 0.0615. The van der Waals surface area contributed by atoms with E-state index in [9.17, 15) is 4.39 Å². The summed E-state index contributed by atoms with van der Waals surface area (Å²) in [5, 5.41) is 10.9. The number of rotatable bonds is 7. The summed E-state index contributed by atoms with van der Waals surface area (Å²) in [6.07, 6.45) is 0.665. The first-order valence-electron chi connectivity index (χ1n) is 7.10. The molecule has 5 nitrogen and oxygen atoms in total. The lowest BCUT2D eigenvalue weighted by molar-refractivity contribution is 0.248. The summed E-state index contributed by atoms with van der Waals surface area (Å²) in [5.41, 5.74) is 0.882. The Bertz CT molecular complexity index is 586. The zero-order chi connectivity index (χ0) is 15.2. The second kappa shape index (κ2) is 7.17. The Labute approximate surface area is 123 Å². The van der Waals surface area contributed by atoms with Crippen LogP contribution in [0.5, 0.6) is 5.75 Å². The van der Waals surface area contributed by atoms with Gasteiger partial charge in [0, 0.05) is 12.5 Å². The number of ether oxygens (including phenoxy) is 1. The fraction of sp³-hybridized carbons (Fsp3) is 0.467. The van der Waals surface area contributed by atoms with Gasteiger partial charge >= 0.3 is 0 Å². The number of hydrogen-bond donors (Lipinski definition) is 1. The topological polar surface area (TPSA) is 60.2 Å². The molecule has 2 aromatic rings. The highest BCUT2D eigenvalue weighted by atomic mass is 19.1. The summed E-state index contributed by atoms with van der Waals surface area (Å²) in [7, 11) is 0. The maximum Gasteiger partial charge on any atom is 0.253 e. The van der Waals surface area contributed by atoms with Crippen molar-refractivity contribution in [2.24, 2.45) is 0 Å². The number of nitrogens with one attached hydrogen (secondary N) is 1. The molecule has 114 valence electrons. The van der Waals surface area contributed by atoms with E-state index in [2.05, 4.69) is 15.5 Å². The molecule has 0 radical (unpaired) electrons. The number of aromatic nitrogens is 2. The number of hydrogen-bond acceptors (Lipinski definition) is 5. The van der Waals surface area contributed by atoms with E-state index in [0.29, 0.717) is 18.2 Å². The van der Waals surface area contributed by atoms with Crippen LogP contribution in [-0.2, 0) is 13.0 Å². The second-order valence-electron chi connectivity index (χ2n) is 4.70. The lowest BCUT2D eigenvalue weighted by Crippen LogP contribution is -2.17. The van der Waals surface area contributed by atoms with Crippen molar-refractivity contribution in [3.8, 4) is 5.75 Å². The van der Waals surface area contributed by atoms with Crippen molar-refractivity contribution < 1.29 is 13.5 Å². The molecule has 1 aromatic heterocycles. The number of nitrogens with zero attached hydrogens (tertiary/aromatic N) is 2. The molecule has 1 aromatic carbocycles. The highest BCUT2D eigenvalue weighted by Gasteiger charge is 2.11. The van der Waals surface area contributed by atoms with Gasteiger partial charge in [-0.15, -0.1) is 10.2 Å². The van der Waals surface area contributed by atoms with E-state index < -0.39 is 5.82 Å². The van der Waals surface area contributed by atoms with E-state index in [1.807, 2.05) is 26.8 Å². The van der Waals surface area contributed by atoms with Gasteiger partial charge in [0.15, 0.2) is 18.2 Å². The average molecular weight is 293 g/mol. The standard InChI is InChI=1S/C15H20FN3O2/c1-4-14-18-19-15(21-14)9-20-13-7-6-11(8-12(13)16)10(3)17-5-2/h6-8,10,17H,4-5,9H2,1-3H3. The molecule has 0 amide bonds. The van der Waals surface area contributed by atoms with Crippen LogP contribution in [0.15, 0.2) is 22.6 Å². The van der Waals surface area contributed by atoms with Crippen LogP contribution in [0.2, 0.25) is 0 Å². The van der Waals surface area contributed by atoms with Gasteiger partial charge in [0.05, 0.1) is 0 Å². The molecule has 0 fully saturated rings. The maximum atomic E-state index is 14.0. The van der Waals surface area contributed by atoms with Gasteiger partial charge in [-0.05, 0) is 31.2 Å². The van der Waals surface area contributed by atoms with Crippen molar-refractivity contribution in [3.05, 3.63) is 41.4 Å². The highest BCUT2D eigenvalue weighted by Crippen LogP contribution is 2.22. The third kappa shape index (κ3) is 4.01. The summed E-state index contributed by atoms with van der Waals surface area (Å²) in [6.45, 7) is 6.81. The van der Waals surface area contributed by atoms with Crippen LogP contribution in [0.25, 0.3) is 0 Å².